The molecule has 0 N–H and O–H groups in total. The monoisotopic (exact) mass is 197 g/mol. The van der Waals surface area contributed by atoms with Crippen molar-refractivity contribution < 1.29 is 9.13 Å². The van der Waals surface area contributed by atoms with Crippen molar-refractivity contribution in [3.05, 3.63) is 29.6 Å². The predicted molar refractivity (Wildman–Crippen MR) is 50.5 cm³/mol. The van der Waals surface area contributed by atoms with Crippen LogP contribution in [0.2, 0.25) is 0 Å². The van der Waals surface area contributed by atoms with E-state index in [0.717, 1.165) is 6.07 Å². The van der Waals surface area contributed by atoms with Crippen molar-refractivity contribution in [1.82, 2.24) is 0 Å². The lowest BCUT2D eigenvalue weighted by molar-refractivity contribution is 0.342. The second-order valence-corrected chi connectivity index (χ2v) is 2.81. The molecule has 4 heteroatoms. The Morgan fingerprint density at radius 1 is 1.46 bits per heavy atom. The molecule has 0 amide bonds. The Balaban J connectivity index is 2.83. The number of nitrogens with zero attached hydrogens (tertiary/aromatic N) is 1. The number of benzene rings is 1. The van der Waals surface area contributed by atoms with E-state index in [1.165, 1.54) is 12.1 Å². The molecule has 1 aromatic rings. The molecule has 0 aromatic heterocycles. The van der Waals surface area contributed by atoms with Gasteiger partial charge in [-0.25, -0.2) is 4.39 Å². The summed E-state index contributed by atoms with van der Waals surface area (Å²) in [5.74, 6) is 0.456. The first kappa shape index (κ1) is 9.87. The van der Waals surface area contributed by atoms with E-state index in [2.05, 4.69) is 12.6 Å². The summed E-state index contributed by atoms with van der Waals surface area (Å²) in [7, 11) is 0. The van der Waals surface area contributed by atoms with Gasteiger partial charge in [0.15, 0.2) is 0 Å². The standard InChI is InChI=1S/C9H8FNOS/c10-8-3-7(6-11)4-9(5-8)12-1-2-13/h3-5,13H,1-2H2. The summed E-state index contributed by atoms with van der Waals surface area (Å²) in [6.07, 6.45) is 0. The van der Waals surface area contributed by atoms with Crippen molar-refractivity contribution in [3.8, 4) is 11.8 Å². The van der Waals surface area contributed by atoms with E-state index in [1.54, 1.807) is 0 Å². The smallest absolute Gasteiger partial charge is 0.128 e. The van der Waals surface area contributed by atoms with Gasteiger partial charge in [0.1, 0.15) is 11.6 Å². The SMILES string of the molecule is N#Cc1cc(F)cc(OCCS)c1. The summed E-state index contributed by atoms with van der Waals surface area (Å²) in [6, 6.07) is 5.74. The average molecular weight is 197 g/mol. The van der Waals surface area contributed by atoms with Gasteiger partial charge in [-0.2, -0.15) is 17.9 Å². The lowest BCUT2D eigenvalue weighted by atomic mass is 10.2. The summed E-state index contributed by atoms with van der Waals surface area (Å²) in [5.41, 5.74) is 0.258. The maximum absolute atomic E-state index is 12.8. The van der Waals surface area contributed by atoms with Crippen LogP contribution in [0.1, 0.15) is 5.56 Å². The Hall–Kier alpha value is -1.21. The summed E-state index contributed by atoms with van der Waals surface area (Å²) in [5, 5.41) is 8.52. The minimum atomic E-state index is -0.465. The zero-order valence-electron chi connectivity index (χ0n) is 6.83. The van der Waals surface area contributed by atoms with Gasteiger partial charge in [0, 0.05) is 11.8 Å². The van der Waals surface area contributed by atoms with E-state index >= 15 is 0 Å². The first-order valence-corrected chi connectivity index (χ1v) is 4.34. The fourth-order valence-electron chi connectivity index (χ4n) is 0.874. The molecule has 0 saturated heterocycles. The third-order valence-electron chi connectivity index (χ3n) is 1.36. The normalized spacial score (nSPS) is 9.31. The largest absolute Gasteiger partial charge is 0.493 e. The molecule has 0 aliphatic carbocycles. The third kappa shape index (κ3) is 2.96. The topological polar surface area (TPSA) is 33.0 Å². The molecule has 0 spiro atoms. The lowest BCUT2D eigenvalue weighted by Crippen LogP contribution is -1.98. The number of halogens is 1. The number of nitriles is 1. The summed E-state index contributed by atoms with van der Waals surface area (Å²) >= 11 is 3.94. The molecule has 1 aromatic carbocycles. The van der Waals surface area contributed by atoms with E-state index in [4.69, 9.17) is 10.00 Å². The van der Waals surface area contributed by atoms with Crippen LogP contribution in [0, 0.1) is 17.1 Å². The van der Waals surface area contributed by atoms with Crippen molar-refractivity contribution >= 4 is 12.6 Å². The number of hydrogen-bond acceptors (Lipinski definition) is 3. The van der Waals surface area contributed by atoms with Crippen LogP contribution < -0.4 is 4.74 Å². The highest BCUT2D eigenvalue weighted by molar-refractivity contribution is 7.80. The fraction of sp³-hybridized carbons (Fsp3) is 0.222. The van der Waals surface area contributed by atoms with Gasteiger partial charge in [-0.1, -0.05) is 0 Å². The van der Waals surface area contributed by atoms with Crippen LogP contribution in [0.4, 0.5) is 4.39 Å². The van der Waals surface area contributed by atoms with Crippen molar-refractivity contribution in [2.75, 3.05) is 12.4 Å². The molecule has 0 unspecified atom stereocenters. The minimum absolute atomic E-state index is 0.258. The first-order valence-electron chi connectivity index (χ1n) is 3.70. The molecule has 0 radical (unpaired) electrons. The van der Waals surface area contributed by atoms with Crippen molar-refractivity contribution in [3.63, 3.8) is 0 Å². The van der Waals surface area contributed by atoms with Crippen molar-refractivity contribution in [1.29, 1.82) is 5.26 Å². The highest BCUT2D eigenvalue weighted by Gasteiger charge is 2.00. The number of rotatable bonds is 3. The van der Waals surface area contributed by atoms with E-state index in [0.29, 0.717) is 18.1 Å². The van der Waals surface area contributed by atoms with Crippen molar-refractivity contribution in [2.24, 2.45) is 0 Å². The minimum Gasteiger partial charge on any atom is -0.493 e. The zero-order chi connectivity index (χ0) is 9.68. The Morgan fingerprint density at radius 2 is 2.23 bits per heavy atom. The van der Waals surface area contributed by atoms with Crippen LogP contribution in [-0.4, -0.2) is 12.4 Å². The Labute approximate surface area is 81.4 Å². The Morgan fingerprint density at radius 3 is 2.85 bits per heavy atom. The molecule has 2 nitrogen and oxygen atoms in total. The molecule has 0 heterocycles. The maximum atomic E-state index is 12.8. The van der Waals surface area contributed by atoms with Crippen LogP contribution in [0.3, 0.4) is 0 Å². The predicted octanol–water partition coefficient (Wildman–Crippen LogP) is 2.01. The number of ether oxygens (including phenoxy) is 1. The lowest BCUT2D eigenvalue weighted by Gasteiger charge is -2.03. The Kier molecular flexibility index (Phi) is 3.59. The van der Waals surface area contributed by atoms with Crippen LogP contribution in [0.15, 0.2) is 18.2 Å². The highest BCUT2D eigenvalue weighted by atomic mass is 32.1. The molecule has 0 atom stereocenters. The summed E-state index contributed by atoms with van der Waals surface area (Å²) in [4.78, 5) is 0. The fourth-order valence-corrected chi connectivity index (χ4v) is 0.965. The molecule has 0 saturated carbocycles. The van der Waals surface area contributed by atoms with Crippen LogP contribution in [0.5, 0.6) is 5.75 Å². The van der Waals surface area contributed by atoms with Gasteiger partial charge in [-0.3, -0.25) is 0 Å². The number of thiol groups is 1. The quantitative estimate of drug-likeness (QED) is 0.752. The van der Waals surface area contributed by atoms with E-state index < -0.39 is 5.82 Å². The second kappa shape index (κ2) is 4.73. The molecule has 1 rings (SSSR count). The summed E-state index contributed by atoms with van der Waals surface area (Å²) in [6.45, 7) is 0.400. The highest BCUT2D eigenvalue weighted by Crippen LogP contribution is 2.15. The summed E-state index contributed by atoms with van der Waals surface area (Å²) < 4.78 is 17.9. The second-order valence-electron chi connectivity index (χ2n) is 2.36. The van der Waals surface area contributed by atoms with Gasteiger partial charge in [-0.15, -0.1) is 0 Å². The van der Waals surface area contributed by atoms with Gasteiger partial charge in [0.25, 0.3) is 0 Å². The Bertz CT molecular complexity index is 335. The molecule has 0 fully saturated rings. The van der Waals surface area contributed by atoms with Gasteiger partial charge in [0.05, 0.1) is 18.2 Å². The zero-order valence-corrected chi connectivity index (χ0v) is 7.72. The van der Waals surface area contributed by atoms with Crippen LogP contribution in [-0.2, 0) is 0 Å². The molecular weight excluding hydrogens is 189 g/mol. The molecule has 13 heavy (non-hydrogen) atoms. The average Bonchev–Trinajstić information content (AvgIpc) is 2.14. The van der Waals surface area contributed by atoms with Crippen LogP contribution in [0.25, 0.3) is 0 Å². The van der Waals surface area contributed by atoms with Gasteiger partial charge < -0.3 is 4.74 Å². The van der Waals surface area contributed by atoms with Gasteiger partial charge >= 0.3 is 0 Å². The molecule has 0 aliphatic heterocycles. The maximum Gasteiger partial charge on any atom is 0.128 e. The number of hydrogen-bond donors (Lipinski definition) is 1. The third-order valence-corrected chi connectivity index (χ3v) is 1.54. The first-order chi connectivity index (χ1) is 6.26. The van der Waals surface area contributed by atoms with Crippen LogP contribution >= 0.6 is 12.6 Å². The molecular formula is C9H8FNOS. The van der Waals surface area contributed by atoms with E-state index in [9.17, 15) is 4.39 Å². The van der Waals surface area contributed by atoms with Crippen molar-refractivity contribution in [2.45, 2.75) is 0 Å². The molecule has 0 bridgehead atoms. The van der Waals surface area contributed by atoms with Gasteiger partial charge in [-0.05, 0) is 12.1 Å². The van der Waals surface area contributed by atoms with Gasteiger partial charge in [0.2, 0.25) is 0 Å². The van der Waals surface area contributed by atoms with E-state index in [1.807, 2.05) is 6.07 Å². The van der Waals surface area contributed by atoms with E-state index in [-0.39, 0.29) is 5.56 Å². The molecule has 0 aliphatic rings. The molecule has 68 valence electrons.